The Morgan fingerprint density at radius 1 is 0.929 bits per heavy atom. The van der Waals surface area contributed by atoms with Gasteiger partial charge in [-0.3, -0.25) is 9.69 Å². The first-order valence-corrected chi connectivity index (χ1v) is 9.85. The maximum Gasteiger partial charge on any atom is 0.254 e. The van der Waals surface area contributed by atoms with Crippen molar-refractivity contribution in [2.24, 2.45) is 0 Å². The molecule has 0 radical (unpaired) electrons. The molecular weight excluding hydrogens is 352 g/mol. The molecule has 2 aromatic heterocycles. The predicted molar refractivity (Wildman–Crippen MR) is 106 cm³/mol. The van der Waals surface area contributed by atoms with Crippen molar-refractivity contribution in [2.75, 3.05) is 13.1 Å². The summed E-state index contributed by atoms with van der Waals surface area (Å²) in [6, 6.07) is 8.00. The first-order valence-electron chi connectivity index (χ1n) is 9.85. The van der Waals surface area contributed by atoms with Gasteiger partial charge in [-0.15, -0.1) is 0 Å². The largest absolute Gasteiger partial charge is 0.347 e. The van der Waals surface area contributed by atoms with Gasteiger partial charge in [0.15, 0.2) is 0 Å². The summed E-state index contributed by atoms with van der Waals surface area (Å²) in [7, 11) is 0. The zero-order chi connectivity index (χ0) is 19.2. The normalized spacial score (nSPS) is 14.9. The molecule has 1 amide bonds. The summed E-state index contributed by atoms with van der Waals surface area (Å²) in [5.74, 6) is 1.47. The Kier molecular flexibility index (Phi) is 5.82. The number of rotatable bonds is 7. The summed E-state index contributed by atoms with van der Waals surface area (Å²) >= 11 is 0. The molecule has 1 aliphatic heterocycles. The van der Waals surface area contributed by atoms with Crippen molar-refractivity contribution in [1.82, 2.24) is 29.7 Å². The second kappa shape index (κ2) is 8.84. The summed E-state index contributed by atoms with van der Waals surface area (Å²) in [5.41, 5.74) is 1.93. The lowest BCUT2D eigenvalue weighted by molar-refractivity contribution is 0.0721. The van der Waals surface area contributed by atoms with Crippen LogP contribution in [-0.4, -0.2) is 48.7 Å². The Bertz CT molecular complexity index is 815. The van der Waals surface area contributed by atoms with Crippen LogP contribution in [0.1, 0.15) is 46.8 Å². The van der Waals surface area contributed by atoms with E-state index in [9.17, 15) is 4.79 Å². The molecule has 0 saturated carbocycles. The van der Waals surface area contributed by atoms with Crippen LogP contribution in [0.25, 0.3) is 0 Å². The average molecular weight is 378 g/mol. The third-order valence-corrected chi connectivity index (χ3v) is 5.13. The molecule has 0 aliphatic carbocycles. The van der Waals surface area contributed by atoms with Gasteiger partial charge in [0.25, 0.3) is 5.91 Å². The third kappa shape index (κ3) is 4.67. The maximum absolute atomic E-state index is 13.1. The number of likely N-dealkylation sites (tertiary alicyclic amines) is 1. The second-order valence-corrected chi connectivity index (χ2v) is 7.27. The number of aromatic amines is 2. The van der Waals surface area contributed by atoms with E-state index in [1.54, 1.807) is 29.7 Å². The average Bonchev–Trinajstić information content (AvgIpc) is 3.43. The van der Waals surface area contributed by atoms with Gasteiger partial charge in [0.05, 0.1) is 13.1 Å². The number of nitrogens with one attached hydrogen (secondary N) is 2. The van der Waals surface area contributed by atoms with Gasteiger partial charge in [0, 0.05) is 36.9 Å². The lowest BCUT2D eigenvalue weighted by Crippen LogP contribution is -2.31. The quantitative estimate of drug-likeness (QED) is 0.662. The summed E-state index contributed by atoms with van der Waals surface area (Å²) in [5, 5.41) is 0. The van der Waals surface area contributed by atoms with Crippen LogP contribution in [0.3, 0.4) is 0 Å². The van der Waals surface area contributed by atoms with E-state index in [2.05, 4.69) is 37.0 Å². The molecule has 0 bridgehead atoms. The Labute approximate surface area is 164 Å². The molecule has 4 rings (SSSR count). The van der Waals surface area contributed by atoms with Crippen molar-refractivity contribution < 1.29 is 4.79 Å². The van der Waals surface area contributed by atoms with Gasteiger partial charge in [0.1, 0.15) is 11.6 Å². The standard InChI is InChI=1S/C21H26N6O/c28-21(18-6-4-17(5-7-18)14-26-12-2-1-3-13-26)27(15-19-22-8-9-23-19)16-20-24-10-11-25-20/h4-11H,1-3,12-16H2,(H,22,23)(H,24,25). The van der Waals surface area contributed by atoms with Crippen molar-refractivity contribution in [3.8, 4) is 0 Å². The number of amides is 1. The number of aromatic nitrogens is 4. The molecule has 1 aliphatic rings. The minimum Gasteiger partial charge on any atom is -0.347 e. The number of carbonyl (C=O) groups excluding carboxylic acids is 1. The van der Waals surface area contributed by atoms with Crippen molar-refractivity contribution in [3.63, 3.8) is 0 Å². The highest BCUT2D eigenvalue weighted by atomic mass is 16.2. The van der Waals surface area contributed by atoms with Gasteiger partial charge in [0.2, 0.25) is 0 Å². The van der Waals surface area contributed by atoms with Gasteiger partial charge in [-0.2, -0.15) is 0 Å². The van der Waals surface area contributed by atoms with E-state index in [-0.39, 0.29) is 5.91 Å². The van der Waals surface area contributed by atoms with Gasteiger partial charge >= 0.3 is 0 Å². The Hall–Kier alpha value is -2.93. The predicted octanol–water partition coefficient (Wildman–Crippen LogP) is 2.96. The molecule has 2 N–H and O–H groups in total. The van der Waals surface area contributed by atoms with Crippen molar-refractivity contribution in [1.29, 1.82) is 0 Å². The van der Waals surface area contributed by atoms with Crippen LogP contribution < -0.4 is 0 Å². The number of H-pyrrole nitrogens is 2. The van der Waals surface area contributed by atoms with E-state index in [0.29, 0.717) is 18.7 Å². The molecule has 3 aromatic rings. The second-order valence-electron chi connectivity index (χ2n) is 7.27. The fraction of sp³-hybridized carbons (Fsp3) is 0.381. The van der Waals surface area contributed by atoms with Crippen LogP contribution in [0.4, 0.5) is 0 Å². The fourth-order valence-corrected chi connectivity index (χ4v) is 3.64. The molecule has 0 spiro atoms. The summed E-state index contributed by atoms with van der Waals surface area (Å²) in [4.78, 5) is 32.0. The first kappa shape index (κ1) is 18.4. The smallest absolute Gasteiger partial charge is 0.254 e. The third-order valence-electron chi connectivity index (χ3n) is 5.13. The summed E-state index contributed by atoms with van der Waals surface area (Å²) in [6.45, 7) is 4.10. The van der Waals surface area contributed by atoms with Gasteiger partial charge < -0.3 is 14.9 Å². The topological polar surface area (TPSA) is 80.9 Å². The van der Waals surface area contributed by atoms with Crippen LogP contribution in [0.15, 0.2) is 49.1 Å². The Morgan fingerprint density at radius 2 is 1.54 bits per heavy atom. The van der Waals surface area contributed by atoms with Gasteiger partial charge in [-0.05, 0) is 43.6 Å². The molecule has 3 heterocycles. The van der Waals surface area contributed by atoms with E-state index in [1.165, 1.54) is 37.9 Å². The van der Waals surface area contributed by atoms with E-state index in [0.717, 1.165) is 18.2 Å². The molecule has 1 fully saturated rings. The maximum atomic E-state index is 13.1. The first-order chi connectivity index (χ1) is 13.8. The van der Waals surface area contributed by atoms with Gasteiger partial charge in [-0.25, -0.2) is 9.97 Å². The fourth-order valence-electron chi connectivity index (χ4n) is 3.64. The van der Waals surface area contributed by atoms with Crippen LogP contribution in [-0.2, 0) is 19.6 Å². The summed E-state index contributed by atoms with van der Waals surface area (Å²) in [6.07, 6.45) is 10.8. The molecule has 7 heteroatoms. The molecule has 1 aromatic carbocycles. The minimum absolute atomic E-state index is 0.0303. The van der Waals surface area contributed by atoms with Crippen LogP contribution in [0.5, 0.6) is 0 Å². The van der Waals surface area contributed by atoms with Crippen molar-refractivity contribution in [3.05, 3.63) is 71.8 Å². The zero-order valence-electron chi connectivity index (χ0n) is 16.0. The van der Waals surface area contributed by atoms with E-state index in [4.69, 9.17) is 0 Å². The highest BCUT2D eigenvalue weighted by Crippen LogP contribution is 2.16. The molecule has 146 valence electrons. The Morgan fingerprint density at radius 3 is 2.07 bits per heavy atom. The number of hydrogen-bond acceptors (Lipinski definition) is 4. The molecule has 28 heavy (non-hydrogen) atoms. The molecule has 0 atom stereocenters. The van der Waals surface area contributed by atoms with E-state index < -0.39 is 0 Å². The van der Waals surface area contributed by atoms with Crippen LogP contribution >= 0.6 is 0 Å². The highest BCUT2D eigenvalue weighted by molar-refractivity contribution is 5.94. The van der Waals surface area contributed by atoms with E-state index >= 15 is 0 Å². The number of piperidine rings is 1. The molecule has 1 saturated heterocycles. The number of benzene rings is 1. The zero-order valence-corrected chi connectivity index (χ0v) is 16.0. The highest BCUT2D eigenvalue weighted by Gasteiger charge is 2.19. The number of hydrogen-bond donors (Lipinski definition) is 2. The molecule has 0 unspecified atom stereocenters. The summed E-state index contributed by atoms with van der Waals surface area (Å²) < 4.78 is 0. The SMILES string of the molecule is O=C(c1ccc(CN2CCCCC2)cc1)N(Cc1ncc[nH]1)Cc1ncc[nH]1. The number of nitrogens with zero attached hydrogens (tertiary/aromatic N) is 4. The van der Waals surface area contributed by atoms with Gasteiger partial charge in [-0.1, -0.05) is 18.6 Å². The van der Waals surface area contributed by atoms with Crippen molar-refractivity contribution >= 4 is 5.91 Å². The Balaban J connectivity index is 1.45. The van der Waals surface area contributed by atoms with E-state index in [1.807, 2.05) is 12.1 Å². The lowest BCUT2D eigenvalue weighted by Gasteiger charge is -2.26. The number of imidazole rings is 2. The molecule has 7 nitrogen and oxygen atoms in total. The van der Waals surface area contributed by atoms with Crippen LogP contribution in [0, 0.1) is 0 Å². The monoisotopic (exact) mass is 378 g/mol. The van der Waals surface area contributed by atoms with Crippen LogP contribution in [0.2, 0.25) is 0 Å². The minimum atomic E-state index is -0.0303. The van der Waals surface area contributed by atoms with Crippen molar-refractivity contribution in [2.45, 2.75) is 38.9 Å². The molecular formula is C21H26N6O. The lowest BCUT2D eigenvalue weighted by atomic mass is 10.1. The number of carbonyl (C=O) groups is 1.